The molecule has 0 radical (unpaired) electrons. The molecule has 19 heavy (non-hydrogen) atoms. The summed E-state index contributed by atoms with van der Waals surface area (Å²) in [6.07, 6.45) is 1.99. The molecule has 0 fully saturated rings. The monoisotopic (exact) mass is 250 g/mol. The van der Waals surface area contributed by atoms with Crippen molar-refractivity contribution in [2.75, 3.05) is 11.4 Å². The molecule has 2 aromatic carbocycles. The second kappa shape index (κ2) is 5.19. The molecule has 1 aromatic heterocycles. The smallest absolute Gasteiger partial charge is 0.0455 e. The molecular formula is C17H18N2. The van der Waals surface area contributed by atoms with Crippen LogP contribution in [-0.4, -0.2) is 11.5 Å². The number of fused-ring (bicyclic) bond motifs is 1. The maximum absolute atomic E-state index is 3.23. The Morgan fingerprint density at radius 2 is 1.84 bits per heavy atom. The summed E-state index contributed by atoms with van der Waals surface area (Å²) in [4.78, 5) is 5.63. The van der Waals surface area contributed by atoms with E-state index >= 15 is 0 Å². The van der Waals surface area contributed by atoms with Crippen molar-refractivity contribution in [2.45, 2.75) is 13.5 Å². The molecule has 2 heteroatoms. The van der Waals surface area contributed by atoms with Crippen LogP contribution in [0.15, 0.2) is 60.8 Å². The fourth-order valence-electron chi connectivity index (χ4n) is 2.43. The van der Waals surface area contributed by atoms with Crippen molar-refractivity contribution in [1.29, 1.82) is 0 Å². The summed E-state index contributed by atoms with van der Waals surface area (Å²) in [5, 5.41) is 1.27. The van der Waals surface area contributed by atoms with E-state index in [1.165, 1.54) is 22.2 Å². The van der Waals surface area contributed by atoms with E-state index in [4.69, 9.17) is 0 Å². The van der Waals surface area contributed by atoms with Crippen molar-refractivity contribution in [3.05, 3.63) is 66.4 Å². The van der Waals surface area contributed by atoms with E-state index in [0.717, 1.165) is 13.1 Å². The molecule has 1 N–H and O–H groups in total. The molecule has 1 heterocycles. The van der Waals surface area contributed by atoms with E-state index in [0.29, 0.717) is 0 Å². The molecule has 96 valence electrons. The highest BCUT2D eigenvalue weighted by Gasteiger charge is 2.06. The van der Waals surface area contributed by atoms with Gasteiger partial charge in [0.25, 0.3) is 0 Å². The lowest BCUT2D eigenvalue weighted by atomic mass is 10.1. The predicted molar refractivity (Wildman–Crippen MR) is 81.5 cm³/mol. The number of nitrogens with zero attached hydrogens (tertiary/aromatic N) is 1. The largest absolute Gasteiger partial charge is 0.367 e. The Balaban J connectivity index is 1.88. The Hall–Kier alpha value is -2.22. The van der Waals surface area contributed by atoms with Crippen LogP contribution in [0.5, 0.6) is 0 Å². The molecule has 2 nitrogen and oxygen atoms in total. The maximum atomic E-state index is 3.23. The molecule has 3 aromatic rings. The Kier molecular flexibility index (Phi) is 3.23. The lowest BCUT2D eigenvalue weighted by Crippen LogP contribution is -2.21. The van der Waals surface area contributed by atoms with Gasteiger partial charge in [0.15, 0.2) is 0 Å². The summed E-state index contributed by atoms with van der Waals surface area (Å²) >= 11 is 0. The van der Waals surface area contributed by atoms with Crippen LogP contribution < -0.4 is 4.90 Å². The first kappa shape index (κ1) is 11.8. The summed E-state index contributed by atoms with van der Waals surface area (Å²) < 4.78 is 0. The fraction of sp³-hybridized carbons (Fsp3) is 0.176. The lowest BCUT2D eigenvalue weighted by molar-refractivity contribution is 0.833. The topological polar surface area (TPSA) is 19.0 Å². The summed E-state index contributed by atoms with van der Waals surface area (Å²) in [6, 6.07) is 19.3. The Labute approximate surface area is 113 Å². The molecule has 0 atom stereocenters. The molecule has 0 bridgehead atoms. The van der Waals surface area contributed by atoms with Crippen molar-refractivity contribution in [2.24, 2.45) is 0 Å². The van der Waals surface area contributed by atoms with E-state index in [2.05, 4.69) is 71.4 Å². The average molecular weight is 250 g/mol. The quantitative estimate of drug-likeness (QED) is 0.735. The number of hydrogen-bond donors (Lipinski definition) is 1. The Morgan fingerprint density at radius 1 is 1.00 bits per heavy atom. The van der Waals surface area contributed by atoms with Crippen molar-refractivity contribution < 1.29 is 0 Å². The summed E-state index contributed by atoms with van der Waals surface area (Å²) in [5.74, 6) is 0. The van der Waals surface area contributed by atoms with Gasteiger partial charge in [0, 0.05) is 35.9 Å². The molecule has 3 rings (SSSR count). The standard InChI is InChI=1S/C17H18N2/c1-2-19(13-14-6-4-3-5-7-14)16-8-9-17-15(12-16)10-11-18-17/h3-12,18H,2,13H2,1H3. The van der Waals surface area contributed by atoms with Gasteiger partial charge < -0.3 is 9.88 Å². The van der Waals surface area contributed by atoms with Crippen LogP contribution in [0.25, 0.3) is 10.9 Å². The molecular weight excluding hydrogens is 232 g/mol. The molecule has 0 aliphatic rings. The van der Waals surface area contributed by atoms with Crippen LogP contribution in [0.4, 0.5) is 5.69 Å². The molecule has 0 unspecified atom stereocenters. The third kappa shape index (κ3) is 2.48. The van der Waals surface area contributed by atoms with Gasteiger partial charge in [0.2, 0.25) is 0 Å². The Bertz CT molecular complexity index is 655. The number of hydrogen-bond acceptors (Lipinski definition) is 1. The average Bonchev–Trinajstić information content (AvgIpc) is 2.93. The van der Waals surface area contributed by atoms with E-state index < -0.39 is 0 Å². The third-order valence-electron chi connectivity index (χ3n) is 3.50. The van der Waals surface area contributed by atoms with Crippen LogP contribution in [0, 0.1) is 0 Å². The van der Waals surface area contributed by atoms with E-state index in [1.807, 2.05) is 6.20 Å². The van der Waals surface area contributed by atoms with Crippen molar-refractivity contribution >= 4 is 16.6 Å². The van der Waals surface area contributed by atoms with Crippen molar-refractivity contribution in [3.8, 4) is 0 Å². The number of rotatable bonds is 4. The Morgan fingerprint density at radius 3 is 2.63 bits per heavy atom. The van der Waals surface area contributed by atoms with Gasteiger partial charge in [-0.2, -0.15) is 0 Å². The molecule has 0 saturated heterocycles. The third-order valence-corrected chi connectivity index (χ3v) is 3.50. The SMILES string of the molecule is CCN(Cc1ccccc1)c1ccc2[nH]ccc2c1. The number of benzene rings is 2. The summed E-state index contributed by atoms with van der Waals surface area (Å²) in [6.45, 7) is 4.16. The molecule has 0 amide bonds. The van der Waals surface area contributed by atoms with Gasteiger partial charge in [-0.15, -0.1) is 0 Å². The van der Waals surface area contributed by atoms with E-state index in [1.54, 1.807) is 0 Å². The first-order valence-electron chi connectivity index (χ1n) is 6.73. The molecule has 0 spiro atoms. The zero-order valence-corrected chi connectivity index (χ0v) is 11.1. The summed E-state index contributed by atoms with van der Waals surface area (Å²) in [5.41, 5.74) is 3.82. The lowest BCUT2D eigenvalue weighted by Gasteiger charge is -2.23. The first-order valence-corrected chi connectivity index (χ1v) is 6.73. The number of aromatic amines is 1. The minimum atomic E-state index is 0.952. The van der Waals surface area contributed by atoms with Crippen LogP contribution in [-0.2, 0) is 6.54 Å². The second-order valence-corrected chi connectivity index (χ2v) is 4.75. The molecule has 0 saturated carbocycles. The minimum absolute atomic E-state index is 0.952. The van der Waals surface area contributed by atoms with Crippen LogP contribution in [0.1, 0.15) is 12.5 Å². The van der Waals surface area contributed by atoms with E-state index in [9.17, 15) is 0 Å². The number of aromatic nitrogens is 1. The number of H-pyrrole nitrogens is 1. The zero-order chi connectivity index (χ0) is 13.1. The van der Waals surface area contributed by atoms with E-state index in [-0.39, 0.29) is 0 Å². The van der Waals surface area contributed by atoms with Gasteiger partial charge in [0.05, 0.1) is 0 Å². The van der Waals surface area contributed by atoms with Crippen LogP contribution >= 0.6 is 0 Å². The van der Waals surface area contributed by atoms with Gasteiger partial charge >= 0.3 is 0 Å². The minimum Gasteiger partial charge on any atom is -0.367 e. The zero-order valence-electron chi connectivity index (χ0n) is 11.1. The van der Waals surface area contributed by atoms with Gasteiger partial charge in [-0.25, -0.2) is 0 Å². The molecule has 0 aliphatic carbocycles. The van der Waals surface area contributed by atoms with Gasteiger partial charge in [-0.3, -0.25) is 0 Å². The van der Waals surface area contributed by atoms with Crippen molar-refractivity contribution in [3.63, 3.8) is 0 Å². The summed E-state index contributed by atoms with van der Waals surface area (Å²) in [7, 11) is 0. The highest BCUT2D eigenvalue weighted by atomic mass is 15.1. The van der Waals surface area contributed by atoms with Gasteiger partial charge in [0.1, 0.15) is 0 Å². The van der Waals surface area contributed by atoms with Crippen LogP contribution in [0.2, 0.25) is 0 Å². The highest BCUT2D eigenvalue weighted by Crippen LogP contribution is 2.22. The number of anilines is 1. The number of nitrogens with one attached hydrogen (secondary N) is 1. The maximum Gasteiger partial charge on any atom is 0.0455 e. The highest BCUT2D eigenvalue weighted by molar-refractivity contribution is 5.83. The first-order chi connectivity index (χ1) is 9.36. The van der Waals surface area contributed by atoms with Crippen LogP contribution in [0.3, 0.4) is 0 Å². The molecule has 0 aliphatic heterocycles. The van der Waals surface area contributed by atoms with Gasteiger partial charge in [-0.05, 0) is 36.8 Å². The second-order valence-electron chi connectivity index (χ2n) is 4.75. The fourth-order valence-corrected chi connectivity index (χ4v) is 2.43. The van der Waals surface area contributed by atoms with Gasteiger partial charge in [-0.1, -0.05) is 30.3 Å². The van der Waals surface area contributed by atoms with Crippen molar-refractivity contribution in [1.82, 2.24) is 4.98 Å². The normalized spacial score (nSPS) is 10.8. The predicted octanol–water partition coefficient (Wildman–Crippen LogP) is 4.19.